The van der Waals surface area contributed by atoms with Crippen molar-refractivity contribution in [3.63, 3.8) is 0 Å². The van der Waals surface area contributed by atoms with Crippen LogP contribution in [0.1, 0.15) is 43.9 Å². The largest absolute Gasteiger partial charge is 0.399 e. The van der Waals surface area contributed by atoms with Crippen molar-refractivity contribution in [1.29, 1.82) is 0 Å². The van der Waals surface area contributed by atoms with Crippen LogP contribution in [0.2, 0.25) is 0 Å². The number of hydrogen-bond donors (Lipinski definition) is 1. The molecule has 5 heteroatoms. The summed E-state index contributed by atoms with van der Waals surface area (Å²) in [4.78, 5) is 17.2. The van der Waals surface area contributed by atoms with Gasteiger partial charge in [0, 0.05) is 42.8 Å². The lowest BCUT2D eigenvalue weighted by molar-refractivity contribution is -0.151. The van der Waals surface area contributed by atoms with Crippen LogP contribution in [0.15, 0.2) is 54.6 Å². The molecule has 2 saturated heterocycles. The molecule has 0 aromatic heterocycles. The molecule has 160 valence electrons. The smallest absolute Gasteiger partial charge is 0.248 e. The van der Waals surface area contributed by atoms with Crippen LogP contribution in [-0.4, -0.2) is 48.0 Å². The summed E-state index contributed by atoms with van der Waals surface area (Å²) in [6.07, 6.45) is 2.07. The van der Waals surface area contributed by atoms with E-state index in [1.165, 1.54) is 5.56 Å². The minimum absolute atomic E-state index is 0.102. The number of nitrogens with two attached hydrogens (primary N) is 1. The molecule has 0 saturated carbocycles. The fourth-order valence-electron chi connectivity index (χ4n) is 5.04. The van der Waals surface area contributed by atoms with Crippen LogP contribution in [-0.2, 0) is 16.1 Å². The van der Waals surface area contributed by atoms with E-state index in [4.69, 9.17) is 10.5 Å². The third-order valence-electron chi connectivity index (χ3n) is 6.77. The molecule has 2 aromatic rings. The second-order valence-electron chi connectivity index (χ2n) is 9.06. The first kappa shape index (κ1) is 20.9. The van der Waals surface area contributed by atoms with Gasteiger partial charge in [-0.25, -0.2) is 0 Å². The Morgan fingerprint density at radius 3 is 2.40 bits per heavy atom. The van der Waals surface area contributed by atoms with Crippen LogP contribution < -0.4 is 5.73 Å². The molecule has 0 aliphatic carbocycles. The Hall–Kier alpha value is -2.37. The molecule has 1 amide bonds. The minimum atomic E-state index is 0.102. The normalized spacial score (nSPS) is 21.0. The summed E-state index contributed by atoms with van der Waals surface area (Å²) in [6.45, 7) is 7.89. The van der Waals surface area contributed by atoms with E-state index in [1.54, 1.807) is 0 Å². The van der Waals surface area contributed by atoms with E-state index in [1.807, 2.05) is 47.4 Å². The van der Waals surface area contributed by atoms with Crippen molar-refractivity contribution in [2.75, 3.05) is 32.0 Å². The second-order valence-corrected chi connectivity index (χ2v) is 9.06. The Kier molecular flexibility index (Phi) is 6.11. The molecule has 2 N–H and O–H groups in total. The summed E-state index contributed by atoms with van der Waals surface area (Å²) in [7, 11) is 0. The SMILES string of the molecule is CC(C)N1CC2(CCN(C(=O)COCc3ccccc3)CC2)C1c1ccc(N)cc1. The van der Waals surface area contributed by atoms with Gasteiger partial charge in [0.2, 0.25) is 5.91 Å². The van der Waals surface area contributed by atoms with Gasteiger partial charge in [-0.1, -0.05) is 42.5 Å². The number of ether oxygens (including phenoxy) is 1. The van der Waals surface area contributed by atoms with Crippen LogP contribution in [0.3, 0.4) is 0 Å². The fraction of sp³-hybridized carbons (Fsp3) is 0.480. The molecule has 4 rings (SSSR count). The average molecular weight is 408 g/mol. The molecular formula is C25H33N3O2. The van der Waals surface area contributed by atoms with Crippen LogP contribution in [0.5, 0.6) is 0 Å². The van der Waals surface area contributed by atoms with Crippen molar-refractivity contribution in [2.45, 2.75) is 45.4 Å². The number of hydrogen-bond acceptors (Lipinski definition) is 4. The van der Waals surface area contributed by atoms with Gasteiger partial charge in [-0.3, -0.25) is 9.69 Å². The van der Waals surface area contributed by atoms with Crippen molar-refractivity contribution in [2.24, 2.45) is 5.41 Å². The molecule has 2 aliphatic heterocycles. The van der Waals surface area contributed by atoms with Crippen LogP contribution in [0.25, 0.3) is 0 Å². The maximum absolute atomic E-state index is 12.6. The molecule has 1 atom stereocenters. The van der Waals surface area contributed by atoms with Gasteiger partial charge in [0.1, 0.15) is 6.61 Å². The predicted octanol–water partition coefficient (Wildman–Crippen LogP) is 3.86. The molecule has 30 heavy (non-hydrogen) atoms. The van der Waals surface area contributed by atoms with E-state index >= 15 is 0 Å². The van der Waals surface area contributed by atoms with Gasteiger partial charge in [0.25, 0.3) is 0 Å². The quantitative estimate of drug-likeness (QED) is 0.739. The first-order valence-corrected chi connectivity index (χ1v) is 11.0. The van der Waals surface area contributed by atoms with Crippen molar-refractivity contribution in [3.05, 3.63) is 65.7 Å². The number of carbonyl (C=O) groups is 1. The summed E-state index contributed by atoms with van der Waals surface area (Å²) >= 11 is 0. The number of carbonyl (C=O) groups excluding carboxylic acids is 1. The Balaban J connectivity index is 1.34. The first-order valence-electron chi connectivity index (χ1n) is 11.0. The lowest BCUT2D eigenvalue weighted by Gasteiger charge is -2.62. The molecule has 0 bridgehead atoms. The van der Waals surface area contributed by atoms with Gasteiger partial charge in [-0.2, -0.15) is 0 Å². The van der Waals surface area contributed by atoms with Crippen molar-refractivity contribution in [3.8, 4) is 0 Å². The first-order chi connectivity index (χ1) is 14.5. The summed E-state index contributed by atoms with van der Waals surface area (Å²) < 4.78 is 5.67. The molecule has 0 radical (unpaired) electrons. The molecule has 2 heterocycles. The number of nitrogen functional groups attached to an aromatic ring is 1. The third kappa shape index (κ3) is 4.23. The number of anilines is 1. The average Bonchev–Trinajstić information content (AvgIpc) is 2.74. The number of rotatable bonds is 6. The highest BCUT2D eigenvalue weighted by Crippen LogP contribution is 2.55. The molecule has 1 spiro atoms. The summed E-state index contributed by atoms with van der Waals surface area (Å²) in [5, 5.41) is 0. The highest BCUT2D eigenvalue weighted by molar-refractivity contribution is 5.77. The highest BCUT2D eigenvalue weighted by atomic mass is 16.5. The molecule has 5 nitrogen and oxygen atoms in total. The predicted molar refractivity (Wildman–Crippen MR) is 120 cm³/mol. The number of piperidine rings is 1. The maximum atomic E-state index is 12.6. The van der Waals surface area contributed by atoms with E-state index in [0.717, 1.165) is 43.7 Å². The summed E-state index contributed by atoms with van der Waals surface area (Å²) in [5.74, 6) is 0.102. The Morgan fingerprint density at radius 1 is 1.10 bits per heavy atom. The third-order valence-corrected chi connectivity index (χ3v) is 6.77. The monoisotopic (exact) mass is 407 g/mol. The van der Waals surface area contributed by atoms with Gasteiger partial charge in [0.05, 0.1) is 6.61 Å². The number of likely N-dealkylation sites (tertiary alicyclic amines) is 2. The van der Waals surface area contributed by atoms with Crippen LogP contribution >= 0.6 is 0 Å². The fourth-order valence-corrected chi connectivity index (χ4v) is 5.04. The van der Waals surface area contributed by atoms with Gasteiger partial charge in [-0.05, 0) is 49.9 Å². The molecule has 2 aromatic carbocycles. The second kappa shape index (κ2) is 8.78. The zero-order valence-corrected chi connectivity index (χ0v) is 18.1. The minimum Gasteiger partial charge on any atom is -0.399 e. The molecule has 2 aliphatic rings. The molecular weight excluding hydrogens is 374 g/mol. The van der Waals surface area contributed by atoms with E-state index < -0.39 is 0 Å². The molecule has 1 unspecified atom stereocenters. The van der Waals surface area contributed by atoms with E-state index in [2.05, 4.69) is 30.9 Å². The van der Waals surface area contributed by atoms with E-state index in [0.29, 0.717) is 18.7 Å². The lowest BCUT2D eigenvalue weighted by atomic mass is 9.62. The van der Waals surface area contributed by atoms with Gasteiger partial charge in [-0.15, -0.1) is 0 Å². The summed E-state index contributed by atoms with van der Waals surface area (Å²) in [6, 6.07) is 19.3. The van der Waals surface area contributed by atoms with E-state index in [-0.39, 0.29) is 17.9 Å². The zero-order chi connectivity index (χ0) is 21.1. The lowest BCUT2D eigenvalue weighted by Crippen LogP contribution is -2.64. The Labute approximate surface area is 179 Å². The number of amides is 1. The van der Waals surface area contributed by atoms with Crippen molar-refractivity contribution >= 4 is 11.6 Å². The van der Waals surface area contributed by atoms with Crippen LogP contribution in [0.4, 0.5) is 5.69 Å². The van der Waals surface area contributed by atoms with Gasteiger partial charge < -0.3 is 15.4 Å². The van der Waals surface area contributed by atoms with Crippen molar-refractivity contribution < 1.29 is 9.53 Å². The molecule has 2 fully saturated rings. The van der Waals surface area contributed by atoms with Crippen LogP contribution in [0, 0.1) is 5.41 Å². The number of benzene rings is 2. The zero-order valence-electron chi connectivity index (χ0n) is 18.1. The summed E-state index contributed by atoms with van der Waals surface area (Å²) in [5.41, 5.74) is 9.40. The Morgan fingerprint density at radius 2 is 1.77 bits per heavy atom. The maximum Gasteiger partial charge on any atom is 0.248 e. The van der Waals surface area contributed by atoms with Crippen molar-refractivity contribution in [1.82, 2.24) is 9.80 Å². The Bertz CT molecular complexity index is 842. The van der Waals surface area contributed by atoms with Gasteiger partial charge >= 0.3 is 0 Å². The van der Waals surface area contributed by atoms with Gasteiger partial charge in [0.15, 0.2) is 0 Å². The highest BCUT2D eigenvalue weighted by Gasteiger charge is 2.54. The standard InChI is InChI=1S/C25H33N3O2/c1-19(2)28-18-25(24(28)21-8-10-22(26)11-9-21)12-14-27(15-13-25)23(29)17-30-16-20-6-4-3-5-7-20/h3-11,19,24H,12-18,26H2,1-2H3. The number of nitrogens with zero attached hydrogens (tertiary/aromatic N) is 2. The topological polar surface area (TPSA) is 58.8 Å². The van der Waals surface area contributed by atoms with E-state index in [9.17, 15) is 4.79 Å².